The van der Waals surface area contributed by atoms with Crippen molar-refractivity contribution >= 4 is 17.5 Å². The van der Waals surface area contributed by atoms with Crippen molar-refractivity contribution in [1.82, 2.24) is 10.8 Å². The summed E-state index contributed by atoms with van der Waals surface area (Å²) < 4.78 is 19.7. The molecule has 3 aromatic carbocycles. The SMILES string of the molecule is Cc1cc(N[C@H](CCCCNC(=O)Cc2cccc(Oc3ccccc3)c2)C(=O)NO)cc(C)c1F. The first-order valence-electron chi connectivity index (χ1n) is 11.9. The number of benzene rings is 3. The summed E-state index contributed by atoms with van der Waals surface area (Å²) in [5.74, 6) is 0.434. The van der Waals surface area contributed by atoms with Crippen LogP contribution in [0.4, 0.5) is 10.1 Å². The average molecular weight is 494 g/mol. The molecule has 0 bridgehead atoms. The number of hydrogen-bond acceptors (Lipinski definition) is 5. The fourth-order valence-electron chi connectivity index (χ4n) is 3.87. The Morgan fingerprint density at radius 2 is 1.64 bits per heavy atom. The number of para-hydroxylation sites is 1. The normalized spacial score (nSPS) is 11.4. The van der Waals surface area contributed by atoms with Gasteiger partial charge in [-0.25, -0.2) is 9.87 Å². The van der Waals surface area contributed by atoms with Crippen LogP contribution in [0.5, 0.6) is 11.5 Å². The maximum atomic E-state index is 13.9. The van der Waals surface area contributed by atoms with E-state index in [1.807, 2.05) is 54.6 Å². The predicted molar refractivity (Wildman–Crippen MR) is 137 cm³/mol. The first-order chi connectivity index (χ1) is 17.4. The topological polar surface area (TPSA) is 99.7 Å². The number of aryl methyl sites for hydroxylation is 2. The number of hydrogen-bond donors (Lipinski definition) is 4. The van der Waals surface area contributed by atoms with Gasteiger partial charge in [0, 0.05) is 12.2 Å². The molecule has 4 N–H and O–H groups in total. The Balaban J connectivity index is 1.43. The number of nitrogens with one attached hydrogen (secondary N) is 3. The van der Waals surface area contributed by atoms with Gasteiger partial charge in [-0.1, -0.05) is 30.3 Å². The third-order valence-electron chi connectivity index (χ3n) is 5.69. The molecule has 190 valence electrons. The zero-order valence-corrected chi connectivity index (χ0v) is 20.5. The van der Waals surface area contributed by atoms with Gasteiger partial charge in [-0.15, -0.1) is 0 Å². The van der Waals surface area contributed by atoms with Gasteiger partial charge >= 0.3 is 0 Å². The van der Waals surface area contributed by atoms with E-state index in [4.69, 9.17) is 9.94 Å². The van der Waals surface area contributed by atoms with Crippen molar-refractivity contribution in [2.45, 2.75) is 45.6 Å². The molecule has 8 heteroatoms. The minimum Gasteiger partial charge on any atom is -0.457 e. The molecule has 0 radical (unpaired) electrons. The van der Waals surface area contributed by atoms with Crippen molar-refractivity contribution < 1.29 is 23.9 Å². The summed E-state index contributed by atoms with van der Waals surface area (Å²) in [5, 5.41) is 15.0. The number of halogens is 1. The number of carbonyl (C=O) groups excluding carboxylic acids is 2. The van der Waals surface area contributed by atoms with Gasteiger partial charge in [0.25, 0.3) is 5.91 Å². The predicted octanol–water partition coefficient (Wildman–Crippen LogP) is 5.05. The van der Waals surface area contributed by atoms with Crippen molar-refractivity contribution in [2.24, 2.45) is 0 Å². The molecule has 0 aliphatic heterocycles. The number of amides is 2. The van der Waals surface area contributed by atoms with Crippen LogP contribution in [-0.2, 0) is 16.0 Å². The fraction of sp³-hybridized carbons (Fsp3) is 0.286. The average Bonchev–Trinajstić information content (AvgIpc) is 2.86. The molecule has 36 heavy (non-hydrogen) atoms. The smallest absolute Gasteiger partial charge is 0.265 e. The summed E-state index contributed by atoms with van der Waals surface area (Å²) in [7, 11) is 0. The van der Waals surface area contributed by atoms with E-state index >= 15 is 0 Å². The second kappa shape index (κ2) is 13.3. The van der Waals surface area contributed by atoms with Gasteiger partial charge in [0.05, 0.1) is 6.42 Å². The van der Waals surface area contributed by atoms with Crippen LogP contribution in [0.1, 0.15) is 36.0 Å². The van der Waals surface area contributed by atoms with Crippen LogP contribution in [0.3, 0.4) is 0 Å². The molecule has 3 rings (SSSR count). The fourth-order valence-corrected chi connectivity index (χ4v) is 3.87. The van der Waals surface area contributed by atoms with Gasteiger partial charge in [-0.2, -0.15) is 0 Å². The Bertz CT molecular complexity index is 1150. The number of hydroxylamine groups is 1. The van der Waals surface area contributed by atoms with E-state index in [0.717, 1.165) is 11.3 Å². The second-order valence-corrected chi connectivity index (χ2v) is 8.68. The number of unbranched alkanes of at least 4 members (excludes halogenated alkanes) is 1. The van der Waals surface area contributed by atoms with Crippen molar-refractivity contribution in [3.63, 3.8) is 0 Å². The highest BCUT2D eigenvalue weighted by Gasteiger charge is 2.18. The van der Waals surface area contributed by atoms with Crippen molar-refractivity contribution in [2.75, 3.05) is 11.9 Å². The molecule has 0 fully saturated rings. The Kier molecular flexibility index (Phi) is 9.82. The lowest BCUT2D eigenvalue weighted by Crippen LogP contribution is -2.38. The molecule has 0 aliphatic carbocycles. The van der Waals surface area contributed by atoms with Crippen LogP contribution in [0.25, 0.3) is 0 Å². The van der Waals surface area contributed by atoms with Crippen LogP contribution in [0, 0.1) is 19.7 Å². The van der Waals surface area contributed by atoms with Crippen molar-refractivity contribution in [3.05, 3.63) is 89.2 Å². The summed E-state index contributed by atoms with van der Waals surface area (Å²) in [6, 6.07) is 19.4. The second-order valence-electron chi connectivity index (χ2n) is 8.68. The lowest BCUT2D eigenvalue weighted by Gasteiger charge is -2.19. The Morgan fingerprint density at radius 3 is 2.33 bits per heavy atom. The first kappa shape index (κ1) is 26.7. The van der Waals surface area contributed by atoms with Crippen LogP contribution >= 0.6 is 0 Å². The molecular formula is C28H32FN3O4. The van der Waals surface area contributed by atoms with E-state index in [9.17, 15) is 14.0 Å². The van der Waals surface area contributed by atoms with E-state index in [-0.39, 0.29) is 18.1 Å². The minimum absolute atomic E-state index is 0.105. The molecule has 2 amide bonds. The van der Waals surface area contributed by atoms with Crippen molar-refractivity contribution in [3.8, 4) is 11.5 Å². The van der Waals surface area contributed by atoms with E-state index in [1.165, 1.54) is 0 Å². The molecule has 7 nitrogen and oxygen atoms in total. The van der Waals surface area contributed by atoms with E-state index in [2.05, 4.69) is 10.6 Å². The molecule has 3 aromatic rings. The minimum atomic E-state index is -0.692. The maximum Gasteiger partial charge on any atom is 0.265 e. The lowest BCUT2D eigenvalue weighted by molar-refractivity contribution is -0.130. The summed E-state index contributed by atoms with van der Waals surface area (Å²) in [4.78, 5) is 24.5. The highest BCUT2D eigenvalue weighted by Crippen LogP contribution is 2.22. The molecule has 0 unspecified atom stereocenters. The molecule has 0 saturated heterocycles. The standard InChI is InChI=1S/C28H32FN3O4/c1-19-15-22(16-20(2)27(19)29)31-25(28(34)32-35)13-6-7-14-30-26(33)18-21-9-8-12-24(17-21)36-23-10-4-3-5-11-23/h3-5,8-12,15-17,25,31,35H,6-7,13-14,18H2,1-2H3,(H,30,33)(H,32,34)/t25-/m1/s1. The highest BCUT2D eigenvalue weighted by atomic mass is 19.1. The van der Waals surface area contributed by atoms with Gasteiger partial charge in [0.15, 0.2) is 0 Å². The number of ether oxygens (including phenoxy) is 1. The van der Waals surface area contributed by atoms with Gasteiger partial charge < -0.3 is 15.4 Å². The monoisotopic (exact) mass is 493 g/mol. The highest BCUT2D eigenvalue weighted by molar-refractivity contribution is 5.83. The quantitative estimate of drug-likeness (QED) is 0.161. The van der Waals surface area contributed by atoms with Gasteiger partial charge in [0.2, 0.25) is 5.91 Å². The van der Waals surface area contributed by atoms with E-state index in [1.54, 1.807) is 31.5 Å². The molecule has 1 atom stereocenters. The van der Waals surface area contributed by atoms with Crippen LogP contribution < -0.4 is 20.9 Å². The summed E-state index contributed by atoms with van der Waals surface area (Å²) in [5.41, 5.74) is 4.07. The van der Waals surface area contributed by atoms with Gasteiger partial charge in [0.1, 0.15) is 23.4 Å². The third-order valence-corrected chi connectivity index (χ3v) is 5.69. The zero-order chi connectivity index (χ0) is 25.9. The van der Waals surface area contributed by atoms with Crippen LogP contribution in [-0.4, -0.2) is 29.6 Å². The zero-order valence-electron chi connectivity index (χ0n) is 20.5. The molecule has 0 aliphatic rings. The molecular weight excluding hydrogens is 461 g/mol. The van der Waals surface area contributed by atoms with E-state index < -0.39 is 11.9 Å². The first-order valence-corrected chi connectivity index (χ1v) is 11.9. The molecule has 0 spiro atoms. The van der Waals surface area contributed by atoms with Crippen LogP contribution in [0.2, 0.25) is 0 Å². The van der Waals surface area contributed by atoms with Gasteiger partial charge in [-0.3, -0.25) is 14.8 Å². The number of carbonyl (C=O) groups is 2. The number of rotatable bonds is 12. The largest absolute Gasteiger partial charge is 0.457 e. The lowest BCUT2D eigenvalue weighted by atomic mass is 10.1. The van der Waals surface area contributed by atoms with Crippen molar-refractivity contribution in [1.29, 1.82) is 0 Å². The Morgan fingerprint density at radius 1 is 0.944 bits per heavy atom. The summed E-state index contributed by atoms with van der Waals surface area (Å²) in [6.07, 6.45) is 1.94. The summed E-state index contributed by atoms with van der Waals surface area (Å²) in [6.45, 7) is 3.77. The Labute approximate surface area is 210 Å². The maximum absolute atomic E-state index is 13.9. The van der Waals surface area contributed by atoms with Crippen LogP contribution in [0.15, 0.2) is 66.7 Å². The molecule has 0 saturated carbocycles. The summed E-state index contributed by atoms with van der Waals surface area (Å²) >= 11 is 0. The molecule has 0 heterocycles. The molecule has 0 aromatic heterocycles. The third kappa shape index (κ3) is 8.09. The number of anilines is 1. The van der Waals surface area contributed by atoms with Gasteiger partial charge in [-0.05, 0) is 86.2 Å². The Hall–Kier alpha value is -3.91. The van der Waals surface area contributed by atoms with E-state index in [0.29, 0.717) is 48.4 Å².